The van der Waals surface area contributed by atoms with Gasteiger partial charge in [-0.2, -0.15) is 0 Å². The lowest BCUT2D eigenvalue weighted by Gasteiger charge is -2.37. The predicted molar refractivity (Wildman–Crippen MR) is 89.4 cm³/mol. The van der Waals surface area contributed by atoms with E-state index >= 15 is 0 Å². The van der Waals surface area contributed by atoms with Crippen LogP contribution in [0.4, 0.5) is 5.69 Å². The molecule has 2 atom stereocenters. The average molecular weight is 333 g/mol. The van der Waals surface area contributed by atoms with E-state index < -0.39 is 18.1 Å². The van der Waals surface area contributed by atoms with Crippen molar-refractivity contribution in [2.75, 3.05) is 11.5 Å². The van der Waals surface area contributed by atoms with E-state index in [2.05, 4.69) is 0 Å². The number of hydrogen-bond acceptors (Lipinski definition) is 5. The van der Waals surface area contributed by atoms with Crippen molar-refractivity contribution in [2.24, 2.45) is 0 Å². The molecule has 0 aromatic heterocycles. The highest BCUT2D eigenvalue weighted by atomic mass is 16.5. The molecule has 6 nitrogen and oxygen atoms in total. The maximum atomic E-state index is 12.7. The topological polar surface area (TPSA) is 72.9 Å². The number of rotatable bonds is 6. The van der Waals surface area contributed by atoms with E-state index in [0.717, 1.165) is 0 Å². The molecule has 6 heteroatoms. The molecule has 1 aromatic rings. The van der Waals surface area contributed by atoms with Crippen LogP contribution in [-0.2, 0) is 14.3 Å². The second-order valence-electron chi connectivity index (χ2n) is 5.80. The maximum Gasteiger partial charge on any atom is 0.329 e. The number of ketones is 1. The van der Waals surface area contributed by atoms with Crippen LogP contribution in [-0.4, -0.2) is 36.4 Å². The summed E-state index contributed by atoms with van der Waals surface area (Å²) < 4.78 is 10.8. The Kier molecular flexibility index (Phi) is 5.59. The second kappa shape index (κ2) is 7.47. The number of nitrogens with zero attached hydrogens (tertiary/aromatic N) is 1. The molecule has 0 N–H and O–H groups in total. The lowest BCUT2D eigenvalue weighted by molar-refractivity contribution is -0.147. The van der Waals surface area contributed by atoms with Crippen LogP contribution in [0.1, 0.15) is 50.9 Å². The molecule has 24 heavy (non-hydrogen) atoms. The molecule has 2 rings (SSSR count). The Labute approximate surface area is 141 Å². The third-order valence-electron chi connectivity index (χ3n) is 3.93. The van der Waals surface area contributed by atoms with Crippen molar-refractivity contribution >= 4 is 23.3 Å². The summed E-state index contributed by atoms with van der Waals surface area (Å²) in [5, 5.41) is 0. The lowest BCUT2D eigenvalue weighted by atomic mass is 10.0. The fraction of sp³-hybridized carbons (Fsp3) is 0.500. The molecule has 1 aliphatic heterocycles. The smallest absolute Gasteiger partial charge is 0.329 e. The molecule has 0 saturated carbocycles. The first-order chi connectivity index (χ1) is 11.4. The van der Waals surface area contributed by atoms with Gasteiger partial charge in [0.05, 0.1) is 12.3 Å². The van der Waals surface area contributed by atoms with Gasteiger partial charge in [-0.15, -0.1) is 0 Å². The van der Waals surface area contributed by atoms with Gasteiger partial charge < -0.3 is 9.47 Å². The number of hydrogen-bond donors (Lipinski definition) is 0. The monoisotopic (exact) mass is 333 g/mol. The molecular formula is C18H23NO5. The van der Waals surface area contributed by atoms with Crippen molar-refractivity contribution in [3.8, 4) is 5.75 Å². The van der Waals surface area contributed by atoms with Gasteiger partial charge in [0.15, 0.2) is 11.9 Å². The summed E-state index contributed by atoms with van der Waals surface area (Å²) in [6, 6.07) is 4.16. The van der Waals surface area contributed by atoms with Crippen molar-refractivity contribution in [2.45, 2.75) is 52.7 Å². The highest BCUT2D eigenvalue weighted by Crippen LogP contribution is 2.37. The Morgan fingerprint density at radius 2 is 2.04 bits per heavy atom. The largest absolute Gasteiger partial charge is 0.479 e. The Bertz CT molecular complexity index is 655. The minimum absolute atomic E-state index is 0.120. The van der Waals surface area contributed by atoms with Crippen molar-refractivity contribution in [3.63, 3.8) is 0 Å². The van der Waals surface area contributed by atoms with Crippen LogP contribution >= 0.6 is 0 Å². The zero-order chi connectivity index (χ0) is 17.9. The molecule has 0 radical (unpaired) electrons. The summed E-state index contributed by atoms with van der Waals surface area (Å²) in [6.45, 7) is 7.13. The molecule has 130 valence electrons. The summed E-state index contributed by atoms with van der Waals surface area (Å²) in [7, 11) is 0. The average Bonchev–Trinajstić information content (AvgIpc) is 2.56. The van der Waals surface area contributed by atoms with Crippen molar-refractivity contribution < 1.29 is 23.9 Å². The second-order valence-corrected chi connectivity index (χ2v) is 5.80. The fourth-order valence-electron chi connectivity index (χ4n) is 2.65. The van der Waals surface area contributed by atoms with Gasteiger partial charge in [0, 0.05) is 5.56 Å². The molecule has 1 amide bonds. The molecular weight excluding hydrogens is 310 g/mol. The van der Waals surface area contributed by atoms with Crippen LogP contribution in [0, 0.1) is 0 Å². The van der Waals surface area contributed by atoms with Crippen LogP contribution in [0.25, 0.3) is 0 Å². The van der Waals surface area contributed by atoms with Crippen LogP contribution in [0.5, 0.6) is 5.75 Å². The third-order valence-corrected chi connectivity index (χ3v) is 3.93. The number of Topliss-reactive ketones (excluding diaryl/α,β-unsaturated/α-hetero) is 1. The molecule has 1 aromatic carbocycles. The number of ether oxygens (including phenoxy) is 2. The van der Waals surface area contributed by atoms with Gasteiger partial charge in [0.1, 0.15) is 11.8 Å². The van der Waals surface area contributed by atoms with Crippen molar-refractivity contribution in [1.29, 1.82) is 0 Å². The van der Waals surface area contributed by atoms with E-state index in [1.807, 2.05) is 13.8 Å². The minimum Gasteiger partial charge on any atom is -0.479 e. The number of carbonyl (C=O) groups excluding carboxylic acids is 3. The zero-order valence-electron chi connectivity index (χ0n) is 14.5. The van der Waals surface area contributed by atoms with E-state index in [9.17, 15) is 14.4 Å². The molecule has 1 heterocycles. The van der Waals surface area contributed by atoms with E-state index in [0.29, 0.717) is 36.4 Å². The summed E-state index contributed by atoms with van der Waals surface area (Å²) in [4.78, 5) is 38.1. The quantitative estimate of drug-likeness (QED) is 0.591. The third kappa shape index (κ3) is 3.42. The van der Waals surface area contributed by atoms with Crippen molar-refractivity contribution in [1.82, 2.24) is 0 Å². The van der Waals surface area contributed by atoms with Gasteiger partial charge in [-0.25, -0.2) is 4.79 Å². The van der Waals surface area contributed by atoms with E-state index in [1.54, 1.807) is 25.1 Å². The SMILES string of the molecule is CCCOC(=O)C(CC)N1C(=O)C(C)Oc2ccc(C(C)=O)cc21. The Morgan fingerprint density at radius 1 is 1.33 bits per heavy atom. The zero-order valence-corrected chi connectivity index (χ0v) is 14.5. The van der Waals surface area contributed by atoms with Crippen LogP contribution in [0.15, 0.2) is 18.2 Å². The number of esters is 1. The van der Waals surface area contributed by atoms with Crippen LogP contribution < -0.4 is 9.64 Å². The standard InChI is InChI=1S/C18H23NO5/c1-5-9-23-18(22)14(6-2)19-15-10-13(11(3)20)7-8-16(15)24-12(4)17(19)21/h7-8,10,12,14H,5-6,9H2,1-4H3. The molecule has 0 bridgehead atoms. The van der Waals surface area contributed by atoms with Gasteiger partial charge in [0.25, 0.3) is 5.91 Å². The Balaban J connectivity index is 2.47. The highest BCUT2D eigenvalue weighted by Gasteiger charge is 2.39. The predicted octanol–water partition coefficient (Wildman–Crippen LogP) is 2.73. The van der Waals surface area contributed by atoms with Crippen LogP contribution in [0.2, 0.25) is 0 Å². The first-order valence-corrected chi connectivity index (χ1v) is 8.22. The summed E-state index contributed by atoms with van der Waals surface area (Å²) in [5.74, 6) is -0.399. The minimum atomic E-state index is -0.739. The van der Waals surface area contributed by atoms with Gasteiger partial charge >= 0.3 is 5.97 Å². The number of carbonyl (C=O) groups is 3. The van der Waals surface area contributed by atoms with Gasteiger partial charge in [0.2, 0.25) is 0 Å². The summed E-state index contributed by atoms with van der Waals surface area (Å²) in [5.41, 5.74) is 0.896. The Morgan fingerprint density at radius 3 is 2.62 bits per heavy atom. The molecule has 0 spiro atoms. The van der Waals surface area contributed by atoms with Crippen molar-refractivity contribution in [3.05, 3.63) is 23.8 Å². The highest BCUT2D eigenvalue weighted by molar-refractivity contribution is 6.06. The molecule has 0 fully saturated rings. The maximum absolute atomic E-state index is 12.7. The fourth-order valence-corrected chi connectivity index (χ4v) is 2.65. The lowest BCUT2D eigenvalue weighted by Crippen LogP contribution is -2.53. The van der Waals surface area contributed by atoms with E-state index in [1.165, 1.54) is 11.8 Å². The number of amides is 1. The van der Waals surface area contributed by atoms with Gasteiger partial charge in [-0.1, -0.05) is 13.8 Å². The first-order valence-electron chi connectivity index (χ1n) is 8.22. The Hall–Kier alpha value is -2.37. The summed E-state index contributed by atoms with van der Waals surface area (Å²) in [6.07, 6.45) is 0.416. The summed E-state index contributed by atoms with van der Waals surface area (Å²) >= 11 is 0. The number of benzene rings is 1. The van der Waals surface area contributed by atoms with Crippen LogP contribution in [0.3, 0.4) is 0 Å². The molecule has 0 aliphatic carbocycles. The molecule has 1 aliphatic rings. The first kappa shape index (κ1) is 18.0. The molecule has 2 unspecified atom stereocenters. The van der Waals surface area contributed by atoms with E-state index in [4.69, 9.17) is 9.47 Å². The van der Waals surface area contributed by atoms with Gasteiger partial charge in [-0.05, 0) is 44.9 Å². The number of anilines is 1. The number of fused-ring (bicyclic) bond motifs is 1. The molecule has 0 saturated heterocycles. The normalized spacial score (nSPS) is 17.8. The van der Waals surface area contributed by atoms with Gasteiger partial charge in [-0.3, -0.25) is 14.5 Å². The van der Waals surface area contributed by atoms with E-state index in [-0.39, 0.29) is 11.7 Å².